The van der Waals surface area contributed by atoms with E-state index in [1.165, 1.54) is 30.5 Å². The summed E-state index contributed by atoms with van der Waals surface area (Å²) in [4.78, 5) is 2.34. The lowest BCUT2D eigenvalue weighted by Gasteiger charge is -2.19. The van der Waals surface area contributed by atoms with Crippen LogP contribution in [-0.4, -0.2) is 26.7 Å². The van der Waals surface area contributed by atoms with E-state index < -0.39 is 0 Å². The molecule has 2 nitrogen and oxygen atoms in total. The van der Waals surface area contributed by atoms with Crippen LogP contribution in [0.4, 0.5) is 5.69 Å². The molecule has 1 N–H and O–H groups in total. The lowest BCUT2D eigenvalue weighted by Crippen LogP contribution is -2.21. The molecule has 0 radical (unpaired) electrons. The molecule has 0 fully saturated rings. The monoisotopic (exact) mass is 234 g/mol. The number of unbranched alkanes of at least 4 members (excludes halogenated alkanes) is 1. The van der Waals surface area contributed by atoms with Gasteiger partial charge in [-0.15, -0.1) is 0 Å². The topological polar surface area (TPSA) is 15.3 Å². The van der Waals surface area contributed by atoms with E-state index in [9.17, 15) is 0 Å². The summed E-state index contributed by atoms with van der Waals surface area (Å²) in [6.45, 7) is 7.78. The van der Waals surface area contributed by atoms with E-state index in [2.05, 4.69) is 55.4 Å². The highest BCUT2D eigenvalue weighted by molar-refractivity contribution is 5.47. The van der Waals surface area contributed by atoms with Gasteiger partial charge in [-0.3, -0.25) is 0 Å². The van der Waals surface area contributed by atoms with Gasteiger partial charge in [-0.2, -0.15) is 0 Å². The van der Waals surface area contributed by atoms with Crippen molar-refractivity contribution in [3.05, 3.63) is 29.8 Å². The minimum absolute atomic E-state index is 1.14. The van der Waals surface area contributed by atoms with Gasteiger partial charge in [0.2, 0.25) is 0 Å². The van der Waals surface area contributed by atoms with E-state index in [0.29, 0.717) is 0 Å². The van der Waals surface area contributed by atoms with Gasteiger partial charge in [0.05, 0.1) is 0 Å². The fraction of sp³-hybridized carbons (Fsp3) is 0.600. The maximum absolute atomic E-state index is 3.44. The maximum atomic E-state index is 3.44. The van der Waals surface area contributed by atoms with E-state index in [4.69, 9.17) is 0 Å². The fourth-order valence-corrected chi connectivity index (χ4v) is 1.90. The van der Waals surface area contributed by atoms with E-state index in [-0.39, 0.29) is 0 Å². The van der Waals surface area contributed by atoms with E-state index in [1.54, 1.807) is 0 Å². The number of hydrogen-bond acceptors (Lipinski definition) is 2. The van der Waals surface area contributed by atoms with Crippen molar-refractivity contribution in [2.45, 2.75) is 33.1 Å². The third-order valence-corrected chi connectivity index (χ3v) is 2.97. The van der Waals surface area contributed by atoms with E-state index in [1.807, 2.05) is 0 Å². The third-order valence-electron chi connectivity index (χ3n) is 2.97. The number of aryl methyl sites for hydroxylation is 1. The molecule has 0 aliphatic heterocycles. The molecule has 0 aliphatic rings. The number of hydrogen-bond donors (Lipinski definition) is 1. The van der Waals surface area contributed by atoms with Crippen LogP contribution in [0.5, 0.6) is 0 Å². The van der Waals surface area contributed by atoms with Crippen molar-refractivity contribution in [1.82, 2.24) is 5.32 Å². The fourth-order valence-electron chi connectivity index (χ4n) is 1.90. The number of nitrogens with zero attached hydrogens (tertiary/aromatic N) is 1. The molecule has 0 aliphatic carbocycles. The zero-order valence-corrected chi connectivity index (χ0v) is 11.5. The van der Waals surface area contributed by atoms with Crippen molar-refractivity contribution >= 4 is 5.69 Å². The molecule has 0 unspecified atom stereocenters. The maximum Gasteiger partial charge on any atom is 0.0366 e. The summed E-state index contributed by atoms with van der Waals surface area (Å²) in [5.74, 6) is 0. The zero-order chi connectivity index (χ0) is 12.5. The standard InChI is InChI=1S/C15H26N2/c1-4-10-16-11-5-6-12-17(3)15-9-7-8-14(2)13-15/h7-9,13,16H,4-6,10-12H2,1-3H3. The van der Waals surface area contributed by atoms with Gasteiger partial charge >= 0.3 is 0 Å². The molecule has 0 aromatic heterocycles. The van der Waals surface area contributed by atoms with Crippen molar-refractivity contribution in [1.29, 1.82) is 0 Å². The lowest BCUT2D eigenvalue weighted by atomic mass is 10.2. The molecular weight excluding hydrogens is 208 g/mol. The normalized spacial score (nSPS) is 10.5. The molecular formula is C15H26N2. The predicted octanol–water partition coefficient (Wildman–Crippen LogP) is 3.21. The van der Waals surface area contributed by atoms with Crippen molar-refractivity contribution in [2.24, 2.45) is 0 Å². The van der Waals surface area contributed by atoms with Crippen LogP contribution in [-0.2, 0) is 0 Å². The van der Waals surface area contributed by atoms with Gasteiger partial charge in [-0.05, 0) is 57.0 Å². The lowest BCUT2D eigenvalue weighted by molar-refractivity contribution is 0.615. The number of rotatable bonds is 8. The largest absolute Gasteiger partial charge is 0.375 e. The van der Waals surface area contributed by atoms with Gasteiger partial charge in [0.1, 0.15) is 0 Å². The molecule has 0 saturated heterocycles. The summed E-state index contributed by atoms with van der Waals surface area (Å²) < 4.78 is 0. The van der Waals surface area contributed by atoms with Crippen molar-refractivity contribution in [3.8, 4) is 0 Å². The summed E-state index contributed by atoms with van der Waals surface area (Å²) in [6.07, 6.45) is 3.74. The Morgan fingerprint density at radius 3 is 2.71 bits per heavy atom. The summed E-state index contributed by atoms with van der Waals surface area (Å²) in [5, 5.41) is 3.44. The Hall–Kier alpha value is -1.02. The Kier molecular flexibility index (Phi) is 6.71. The predicted molar refractivity (Wildman–Crippen MR) is 76.8 cm³/mol. The Balaban J connectivity index is 2.19. The molecule has 0 bridgehead atoms. The van der Waals surface area contributed by atoms with Gasteiger partial charge in [0.25, 0.3) is 0 Å². The molecule has 96 valence electrons. The summed E-state index contributed by atoms with van der Waals surface area (Å²) >= 11 is 0. The van der Waals surface area contributed by atoms with Crippen LogP contribution in [0.1, 0.15) is 31.7 Å². The smallest absolute Gasteiger partial charge is 0.0366 e. The highest BCUT2D eigenvalue weighted by atomic mass is 15.1. The zero-order valence-electron chi connectivity index (χ0n) is 11.5. The average Bonchev–Trinajstić information content (AvgIpc) is 2.33. The Morgan fingerprint density at radius 1 is 1.18 bits per heavy atom. The van der Waals surface area contributed by atoms with Crippen LogP contribution in [0.25, 0.3) is 0 Å². The van der Waals surface area contributed by atoms with E-state index >= 15 is 0 Å². The quantitative estimate of drug-likeness (QED) is 0.695. The first-order valence-corrected chi connectivity index (χ1v) is 6.72. The van der Waals surface area contributed by atoms with E-state index in [0.717, 1.165) is 19.6 Å². The number of benzene rings is 1. The first-order valence-electron chi connectivity index (χ1n) is 6.72. The molecule has 0 atom stereocenters. The Morgan fingerprint density at radius 2 is 2.00 bits per heavy atom. The third kappa shape index (κ3) is 5.73. The molecule has 0 spiro atoms. The average molecular weight is 234 g/mol. The van der Waals surface area contributed by atoms with Crippen molar-refractivity contribution in [2.75, 3.05) is 31.6 Å². The minimum atomic E-state index is 1.14. The molecule has 1 aromatic carbocycles. The first kappa shape index (κ1) is 14.0. The van der Waals surface area contributed by atoms with Gasteiger partial charge in [-0.1, -0.05) is 19.1 Å². The summed E-state index contributed by atoms with van der Waals surface area (Å²) in [5.41, 5.74) is 2.66. The van der Waals surface area contributed by atoms with Gasteiger partial charge in [0.15, 0.2) is 0 Å². The molecule has 0 amide bonds. The van der Waals surface area contributed by atoms with Crippen LogP contribution < -0.4 is 10.2 Å². The second kappa shape index (κ2) is 8.13. The van der Waals surface area contributed by atoms with Crippen LogP contribution in [0.3, 0.4) is 0 Å². The SMILES string of the molecule is CCCNCCCCN(C)c1cccc(C)c1. The van der Waals surface area contributed by atoms with Crippen molar-refractivity contribution in [3.63, 3.8) is 0 Å². The van der Waals surface area contributed by atoms with Crippen molar-refractivity contribution < 1.29 is 0 Å². The highest BCUT2D eigenvalue weighted by Gasteiger charge is 2.00. The highest BCUT2D eigenvalue weighted by Crippen LogP contribution is 2.14. The molecule has 1 rings (SSSR count). The minimum Gasteiger partial charge on any atom is -0.375 e. The van der Waals surface area contributed by atoms with Gasteiger partial charge in [-0.25, -0.2) is 0 Å². The molecule has 0 saturated carbocycles. The molecule has 0 heterocycles. The number of nitrogens with one attached hydrogen (secondary N) is 1. The summed E-state index contributed by atoms with van der Waals surface area (Å²) in [6, 6.07) is 8.70. The molecule has 17 heavy (non-hydrogen) atoms. The molecule has 1 aromatic rings. The first-order chi connectivity index (χ1) is 8.24. The van der Waals surface area contributed by atoms with Crippen LogP contribution >= 0.6 is 0 Å². The Labute approximate surface area is 106 Å². The van der Waals surface area contributed by atoms with Crippen LogP contribution in [0.15, 0.2) is 24.3 Å². The second-order valence-electron chi connectivity index (χ2n) is 4.72. The van der Waals surface area contributed by atoms with Gasteiger partial charge in [0, 0.05) is 19.3 Å². The second-order valence-corrected chi connectivity index (χ2v) is 4.72. The molecule has 2 heteroatoms. The van der Waals surface area contributed by atoms with Crippen LogP contribution in [0.2, 0.25) is 0 Å². The summed E-state index contributed by atoms with van der Waals surface area (Å²) in [7, 11) is 2.17. The number of anilines is 1. The Bertz CT molecular complexity index is 310. The van der Waals surface area contributed by atoms with Gasteiger partial charge < -0.3 is 10.2 Å². The van der Waals surface area contributed by atoms with Crippen LogP contribution in [0, 0.1) is 6.92 Å².